The number of aryl methyl sites for hydroxylation is 1. The Bertz CT molecular complexity index is 640. The fourth-order valence-corrected chi connectivity index (χ4v) is 5.67. The lowest BCUT2D eigenvalue weighted by Crippen LogP contribution is -2.37. The van der Waals surface area contributed by atoms with E-state index in [1.165, 1.54) is 10.4 Å². The minimum absolute atomic E-state index is 0.0852. The topological polar surface area (TPSA) is 57.6 Å². The lowest BCUT2D eigenvalue weighted by atomic mass is 9.81. The summed E-state index contributed by atoms with van der Waals surface area (Å²) in [6.07, 6.45) is 3.60. The van der Waals surface area contributed by atoms with Gasteiger partial charge in [-0.3, -0.25) is 9.59 Å². The molecular formula is C17H21NO3S. The van der Waals surface area contributed by atoms with Crippen LogP contribution < -0.4 is 0 Å². The average Bonchev–Trinajstić information content (AvgIpc) is 2.82. The molecule has 4 rings (SSSR count). The van der Waals surface area contributed by atoms with Crippen molar-refractivity contribution >= 4 is 23.2 Å². The molecule has 0 bridgehead atoms. The molecule has 1 aromatic heterocycles. The Labute approximate surface area is 134 Å². The van der Waals surface area contributed by atoms with Crippen LogP contribution in [0.25, 0.3) is 0 Å². The molecule has 4 atom stereocenters. The predicted octanol–water partition coefficient (Wildman–Crippen LogP) is 2.87. The smallest absolute Gasteiger partial charge is 0.311 e. The van der Waals surface area contributed by atoms with Crippen molar-refractivity contribution in [1.29, 1.82) is 0 Å². The molecule has 1 aliphatic heterocycles. The Morgan fingerprint density at radius 3 is 2.91 bits per heavy atom. The molecule has 0 radical (unpaired) electrons. The highest BCUT2D eigenvalue weighted by atomic mass is 32.1. The van der Waals surface area contributed by atoms with Crippen molar-refractivity contribution in [3.8, 4) is 0 Å². The van der Waals surface area contributed by atoms with Gasteiger partial charge in [-0.1, -0.05) is 6.42 Å². The first-order chi connectivity index (χ1) is 10.5. The van der Waals surface area contributed by atoms with E-state index in [9.17, 15) is 14.7 Å². The predicted molar refractivity (Wildman–Crippen MR) is 83.9 cm³/mol. The first kappa shape index (κ1) is 14.2. The normalized spacial score (nSPS) is 36.4. The Hall–Kier alpha value is -1.36. The second-order valence-corrected chi connectivity index (χ2v) is 8.13. The number of nitrogens with zero attached hydrogens (tertiary/aromatic N) is 1. The molecule has 1 saturated heterocycles. The number of fused-ring (bicyclic) bond motifs is 1. The maximum atomic E-state index is 12.8. The summed E-state index contributed by atoms with van der Waals surface area (Å²) in [5, 5.41) is 11.7. The minimum Gasteiger partial charge on any atom is -0.481 e. The highest BCUT2D eigenvalue weighted by molar-refractivity contribution is 7.10. The standard InChI is InChI=1S/C17H21NO3S/c1-10-4-6-22-14(10)12-7-13(12)15(19)18-8-11-3-2-5-17(11,9-18)16(20)21/h4,6,11-13H,2-3,5,7-9H2,1H3,(H,20,21)/t11-,12?,13?,17+/m0/s1. The second kappa shape index (κ2) is 4.82. The number of hydrogen-bond donors (Lipinski definition) is 1. The van der Waals surface area contributed by atoms with Crippen molar-refractivity contribution in [3.63, 3.8) is 0 Å². The highest BCUT2D eigenvalue weighted by Gasteiger charge is 2.58. The first-order valence-corrected chi connectivity index (χ1v) is 8.97. The third-order valence-electron chi connectivity index (χ3n) is 5.95. The molecule has 2 heterocycles. The number of carboxylic acids is 1. The van der Waals surface area contributed by atoms with Crippen molar-refractivity contribution < 1.29 is 14.7 Å². The third-order valence-corrected chi connectivity index (χ3v) is 7.11. The molecule has 4 nitrogen and oxygen atoms in total. The first-order valence-electron chi connectivity index (χ1n) is 8.09. The van der Waals surface area contributed by atoms with Gasteiger partial charge in [-0.05, 0) is 49.1 Å². The van der Waals surface area contributed by atoms with E-state index in [2.05, 4.69) is 18.4 Å². The van der Waals surface area contributed by atoms with Crippen LogP contribution in [0, 0.1) is 24.2 Å². The monoisotopic (exact) mass is 319 g/mol. The molecule has 2 aliphatic carbocycles. The molecule has 1 N–H and O–H groups in total. The van der Waals surface area contributed by atoms with Crippen LogP contribution in [0.15, 0.2) is 11.4 Å². The highest BCUT2D eigenvalue weighted by Crippen LogP contribution is 2.54. The molecule has 0 spiro atoms. The molecule has 2 saturated carbocycles. The molecule has 3 fully saturated rings. The van der Waals surface area contributed by atoms with E-state index in [1.807, 2.05) is 4.90 Å². The van der Waals surface area contributed by atoms with Gasteiger partial charge in [-0.15, -0.1) is 11.3 Å². The van der Waals surface area contributed by atoms with Crippen molar-refractivity contribution in [2.24, 2.45) is 17.3 Å². The molecule has 0 aromatic carbocycles. The number of amides is 1. The fraction of sp³-hybridized carbons (Fsp3) is 0.647. The van der Waals surface area contributed by atoms with E-state index in [4.69, 9.17) is 0 Å². The largest absolute Gasteiger partial charge is 0.481 e. The van der Waals surface area contributed by atoms with E-state index >= 15 is 0 Å². The summed E-state index contributed by atoms with van der Waals surface area (Å²) in [6.45, 7) is 3.18. The minimum atomic E-state index is -0.702. The van der Waals surface area contributed by atoms with Crippen LogP contribution in [-0.2, 0) is 9.59 Å². The van der Waals surface area contributed by atoms with Crippen LogP contribution in [-0.4, -0.2) is 35.0 Å². The van der Waals surface area contributed by atoms with Gasteiger partial charge in [0.05, 0.1) is 5.41 Å². The van der Waals surface area contributed by atoms with Crippen molar-refractivity contribution in [2.75, 3.05) is 13.1 Å². The number of hydrogen-bond acceptors (Lipinski definition) is 3. The SMILES string of the molecule is Cc1ccsc1C1CC1C(=O)N1C[C@@H]2CCC[C@@]2(C(=O)O)C1. The van der Waals surface area contributed by atoms with Crippen LogP contribution in [0.5, 0.6) is 0 Å². The lowest BCUT2D eigenvalue weighted by Gasteiger charge is -2.23. The summed E-state index contributed by atoms with van der Waals surface area (Å²) >= 11 is 1.74. The lowest BCUT2D eigenvalue weighted by molar-refractivity contribution is -0.149. The van der Waals surface area contributed by atoms with Crippen molar-refractivity contribution in [1.82, 2.24) is 4.90 Å². The van der Waals surface area contributed by atoms with E-state index in [0.717, 1.165) is 25.7 Å². The maximum absolute atomic E-state index is 12.8. The molecule has 2 unspecified atom stereocenters. The number of carboxylic acid groups (broad SMARTS) is 1. The molecule has 118 valence electrons. The van der Waals surface area contributed by atoms with Gasteiger partial charge in [0.1, 0.15) is 0 Å². The van der Waals surface area contributed by atoms with Gasteiger partial charge < -0.3 is 10.0 Å². The zero-order valence-corrected chi connectivity index (χ0v) is 13.6. The summed E-state index contributed by atoms with van der Waals surface area (Å²) in [5.41, 5.74) is 0.629. The number of rotatable bonds is 3. The van der Waals surface area contributed by atoms with E-state index in [0.29, 0.717) is 19.0 Å². The molecule has 22 heavy (non-hydrogen) atoms. The Morgan fingerprint density at radius 2 is 2.27 bits per heavy atom. The van der Waals surface area contributed by atoms with Gasteiger partial charge in [-0.25, -0.2) is 0 Å². The Balaban J connectivity index is 1.47. The molecular weight excluding hydrogens is 298 g/mol. The summed E-state index contributed by atoms with van der Waals surface area (Å²) < 4.78 is 0. The van der Waals surface area contributed by atoms with Gasteiger partial charge in [0.15, 0.2) is 0 Å². The van der Waals surface area contributed by atoms with Gasteiger partial charge in [0.25, 0.3) is 0 Å². The zero-order valence-electron chi connectivity index (χ0n) is 12.7. The number of aliphatic carboxylic acids is 1. The van der Waals surface area contributed by atoms with E-state index in [1.54, 1.807) is 11.3 Å². The van der Waals surface area contributed by atoms with Crippen LogP contribution in [0.2, 0.25) is 0 Å². The van der Waals surface area contributed by atoms with Crippen molar-refractivity contribution in [2.45, 2.75) is 38.5 Å². The van der Waals surface area contributed by atoms with E-state index in [-0.39, 0.29) is 17.7 Å². The Kier molecular flexibility index (Phi) is 3.12. The van der Waals surface area contributed by atoms with Crippen LogP contribution in [0.1, 0.15) is 42.0 Å². The number of carbonyl (C=O) groups is 2. The summed E-state index contributed by atoms with van der Waals surface area (Å²) in [4.78, 5) is 27.7. The quantitative estimate of drug-likeness (QED) is 0.932. The van der Waals surface area contributed by atoms with E-state index < -0.39 is 11.4 Å². The summed E-state index contributed by atoms with van der Waals surface area (Å²) in [7, 11) is 0. The van der Waals surface area contributed by atoms with Crippen molar-refractivity contribution in [3.05, 3.63) is 21.9 Å². The average molecular weight is 319 g/mol. The third kappa shape index (κ3) is 1.94. The molecule has 1 amide bonds. The van der Waals surface area contributed by atoms with Gasteiger partial charge in [0.2, 0.25) is 5.91 Å². The fourth-order valence-electron chi connectivity index (χ4n) is 4.56. The second-order valence-electron chi connectivity index (χ2n) is 7.19. The summed E-state index contributed by atoms with van der Waals surface area (Å²) in [5.74, 6) is 0.102. The zero-order chi connectivity index (χ0) is 15.5. The van der Waals surface area contributed by atoms with Gasteiger partial charge in [0, 0.05) is 29.8 Å². The number of likely N-dealkylation sites (tertiary alicyclic amines) is 1. The van der Waals surface area contributed by atoms with Gasteiger partial charge in [-0.2, -0.15) is 0 Å². The Morgan fingerprint density at radius 1 is 1.45 bits per heavy atom. The van der Waals surface area contributed by atoms with Crippen LogP contribution >= 0.6 is 11.3 Å². The number of carbonyl (C=O) groups excluding carboxylic acids is 1. The molecule has 5 heteroatoms. The van der Waals surface area contributed by atoms with Crippen LogP contribution in [0.4, 0.5) is 0 Å². The summed E-state index contributed by atoms with van der Waals surface area (Å²) in [6, 6.07) is 2.11. The van der Waals surface area contributed by atoms with Gasteiger partial charge >= 0.3 is 5.97 Å². The molecule has 1 aromatic rings. The van der Waals surface area contributed by atoms with Crippen LogP contribution in [0.3, 0.4) is 0 Å². The molecule has 3 aliphatic rings. The maximum Gasteiger partial charge on any atom is 0.311 e. The number of thiophene rings is 1.